The second-order valence-electron chi connectivity index (χ2n) is 13.4. The number of allylic oxidation sites excluding steroid dienone is 1. The maximum absolute atomic E-state index is 12.4. The van der Waals surface area contributed by atoms with Crippen LogP contribution in [-0.2, 0) is 23.9 Å². The topological polar surface area (TPSA) is 130 Å². The lowest BCUT2D eigenvalue weighted by atomic mass is 9.88. The molecule has 0 heterocycles. The van der Waals surface area contributed by atoms with E-state index >= 15 is 0 Å². The second kappa shape index (κ2) is 28.3. The molecule has 1 fully saturated rings. The third-order valence-electron chi connectivity index (χ3n) is 9.22. The maximum atomic E-state index is 12.4. The molecule has 268 valence electrons. The Morgan fingerprint density at radius 3 is 1.89 bits per heavy atom. The van der Waals surface area contributed by atoms with E-state index in [9.17, 15) is 29.7 Å². The number of rotatable bonds is 30. The number of esters is 2. The molecular weight excluding hydrogens is 584 g/mol. The smallest absolute Gasteiger partial charge is 0.306 e. The molecule has 0 aliphatic heterocycles. The van der Waals surface area contributed by atoms with Crippen molar-refractivity contribution >= 4 is 17.7 Å². The highest BCUT2D eigenvalue weighted by atomic mass is 16.6. The Bertz CT molecular complexity index is 813. The van der Waals surface area contributed by atoms with Crippen molar-refractivity contribution in [3.8, 4) is 0 Å². The number of ketones is 1. The predicted molar refractivity (Wildman–Crippen MR) is 183 cm³/mol. The molecule has 0 aromatic rings. The molecule has 0 spiro atoms. The highest BCUT2D eigenvalue weighted by molar-refractivity contribution is 5.86. The first-order chi connectivity index (χ1) is 22.3. The molecule has 5 atom stereocenters. The lowest BCUT2D eigenvalue weighted by molar-refractivity contribution is -0.161. The van der Waals surface area contributed by atoms with Gasteiger partial charge in [-0.25, -0.2) is 0 Å². The molecule has 8 heteroatoms. The van der Waals surface area contributed by atoms with Gasteiger partial charge in [-0.05, 0) is 31.6 Å². The van der Waals surface area contributed by atoms with E-state index < -0.39 is 18.3 Å². The molecule has 0 saturated heterocycles. The summed E-state index contributed by atoms with van der Waals surface area (Å²) in [4.78, 5) is 36.8. The van der Waals surface area contributed by atoms with Gasteiger partial charge in [-0.2, -0.15) is 0 Å². The first-order valence-corrected chi connectivity index (χ1v) is 18.8. The van der Waals surface area contributed by atoms with Crippen molar-refractivity contribution in [2.24, 2.45) is 11.8 Å². The summed E-state index contributed by atoms with van der Waals surface area (Å²) in [6.45, 7) is 3.83. The summed E-state index contributed by atoms with van der Waals surface area (Å²) in [5.74, 6) is -1.18. The average Bonchev–Trinajstić information content (AvgIpc) is 3.31. The Balaban J connectivity index is 2.11. The van der Waals surface area contributed by atoms with Crippen molar-refractivity contribution < 1.29 is 39.2 Å². The van der Waals surface area contributed by atoms with Crippen molar-refractivity contribution in [2.75, 3.05) is 13.2 Å². The van der Waals surface area contributed by atoms with Gasteiger partial charge in [-0.15, -0.1) is 0 Å². The predicted octanol–water partition coefficient (Wildman–Crippen LogP) is 7.93. The van der Waals surface area contributed by atoms with E-state index in [2.05, 4.69) is 13.8 Å². The summed E-state index contributed by atoms with van der Waals surface area (Å²) in [5, 5.41) is 30.1. The Labute approximate surface area is 280 Å². The van der Waals surface area contributed by atoms with Gasteiger partial charge in [-0.3, -0.25) is 14.4 Å². The minimum absolute atomic E-state index is 0.0356. The Morgan fingerprint density at radius 1 is 0.783 bits per heavy atom. The number of aliphatic hydroxyl groups excluding tert-OH is 3. The van der Waals surface area contributed by atoms with Crippen LogP contribution in [0, 0.1) is 11.8 Å². The molecule has 1 aliphatic rings. The van der Waals surface area contributed by atoms with E-state index in [1.807, 2.05) is 0 Å². The van der Waals surface area contributed by atoms with Gasteiger partial charge in [0.05, 0.1) is 18.8 Å². The van der Waals surface area contributed by atoms with E-state index in [0.29, 0.717) is 19.3 Å². The number of carbonyl (C=O) groups excluding carboxylic acids is 3. The molecule has 0 unspecified atom stereocenters. The Kier molecular flexibility index (Phi) is 26.0. The lowest BCUT2D eigenvalue weighted by Crippen LogP contribution is -2.28. The van der Waals surface area contributed by atoms with Crippen molar-refractivity contribution in [1.29, 1.82) is 0 Å². The van der Waals surface area contributed by atoms with Gasteiger partial charge in [0.25, 0.3) is 0 Å². The minimum atomic E-state index is -0.839. The number of ether oxygens (including phenoxy) is 2. The van der Waals surface area contributed by atoms with E-state index in [1.165, 1.54) is 57.8 Å². The molecule has 0 amide bonds. The standard InChI is InChI=1S/C38H68O8/c1-3-5-7-8-9-10-11-12-13-14-15-21-25-38(44)46-32(29-39)30-45-37(43)24-20-17-16-19-23-33-34(36(42)28-35(33)41)27-26-31(40)22-18-6-4-2/h26-27,31-35,39-41H,3-25,28-30H2,1-2H3/b27-26+/t31-,32-,33+,34+,35-/m0/s1. The molecule has 0 aromatic heterocycles. The van der Waals surface area contributed by atoms with E-state index in [-0.39, 0.29) is 55.6 Å². The molecule has 46 heavy (non-hydrogen) atoms. The normalized spacial score (nSPS) is 19.5. The fraction of sp³-hybridized carbons (Fsp3) is 0.868. The summed E-state index contributed by atoms with van der Waals surface area (Å²) in [6, 6.07) is 0. The van der Waals surface area contributed by atoms with Gasteiger partial charge in [0.1, 0.15) is 12.4 Å². The number of unbranched alkanes of at least 4 members (excludes halogenated alkanes) is 16. The fourth-order valence-electron chi connectivity index (χ4n) is 6.28. The van der Waals surface area contributed by atoms with Gasteiger partial charge in [-0.1, -0.05) is 135 Å². The summed E-state index contributed by atoms with van der Waals surface area (Å²) >= 11 is 0. The highest BCUT2D eigenvalue weighted by Gasteiger charge is 2.39. The van der Waals surface area contributed by atoms with Crippen LogP contribution in [-0.4, -0.2) is 64.6 Å². The number of hydrogen-bond acceptors (Lipinski definition) is 8. The van der Waals surface area contributed by atoms with Gasteiger partial charge in [0.2, 0.25) is 0 Å². The Hall–Kier alpha value is -1.77. The quantitative estimate of drug-likeness (QED) is 0.0405. The van der Waals surface area contributed by atoms with Crippen LogP contribution in [0.1, 0.15) is 168 Å². The van der Waals surface area contributed by atoms with Crippen LogP contribution < -0.4 is 0 Å². The van der Waals surface area contributed by atoms with Crippen molar-refractivity contribution in [3.63, 3.8) is 0 Å². The molecule has 0 aromatic carbocycles. The van der Waals surface area contributed by atoms with Gasteiger partial charge in [0, 0.05) is 25.2 Å². The number of Topliss-reactive ketones (excluding diaryl/α,β-unsaturated/α-hetero) is 1. The third-order valence-corrected chi connectivity index (χ3v) is 9.22. The molecule has 0 radical (unpaired) electrons. The molecule has 1 saturated carbocycles. The van der Waals surface area contributed by atoms with Crippen molar-refractivity contribution in [3.05, 3.63) is 12.2 Å². The molecule has 0 bridgehead atoms. The molecular formula is C38H68O8. The van der Waals surface area contributed by atoms with E-state index in [4.69, 9.17) is 9.47 Å². The summed E-state index contributed by atoms with van der Waals surface area (Å²) < 4.78 is 10.5. The summed E-state index contributed by atoms with van der Waals surface area (Å²) in [5.41, 5.74) is 0. The van der Waals surface area contributed by atoms with Crippen molar-refractivity contribution in [1.82, 2.24) is 0 Å². The lowest BCUT2D eigenvalue weighted by Gasteiger charge is -2.19. The van der Waals surface area contributed by atoms with Crippen LogP contribution in [0.4, 0.5) is 0 Å². The van der Waals surface area contributed by atoms with E-state index in [0.717, 1.165) is 64.2 Å². The number of aliphatic hydroxyl groups is 3. The van der Waals surface area contributed by atoms with Gasteiger partial charge in [0.15, 0.2) is 6.10 Å². The number of carbonyl (C=O) groups is 3. The second-order valence-corrected chi connectivity index (χ2v) is 13.4. The summed E-state index contributed by atoms with van der Waals surface area (Å²) in [6.07, 6.45) is 24.6. The Morgan fingerprint density at radius 2 is 1.30 bits per heavy atom. The largest absolute Gasteiger partial charge is 0.462 e. The zero-order valence-corrected chi connectivity index (χ0v) is 29.3. The van der Waals surface area contributed by atoms with Crippen LogP contribution in [0.5, 0.6) is 0 Å². The molecule has 3 N–H and O–H groups in total. The van der Waals surface area contributed by atoms with Crippen LogP contribution in [0.15, 0.2) is 12.2 Å². The highest BCUT2D eigenvalue weighted by Crippen LogP contribution is 2.34. The van der Waals surface area contributed by atoms with Gasteiger partial charge >= 0.3 is 11.9 Å². The monoisotopic (exact) mass is 652 g/mol. The van der Waals surface area contributed by atoms with E-state index in [1.54, 1.807) is 12.2 Å². The molecule has 1 rings (SSSR count). The SMILES string of the molecule is CCCCCCCCCCCCCCC(=O)O[C@@H](CO)COC(=O)CCCCCC[C@H]1[C@@H](O)CC(=O)[C@@H]1/C=C/[C@@H](O)CCCCC. The minimum Gasteiger partial charge on any atom is -0.462 e. The summed E-state index contributed by atoms with van der Waals surface area (Å²) in [7, 11) is 0. The molecule has 1 aliphatic carbocycles. The van der Waals surface area contributed by atoms with Gasteiger partial charge < -0.3 is 24.8 Å². The first kappa shape index (κ1) is 42.3. The van der Waals surface area contributed by atoms with Crippen LogP contribution in [0.3, 0.4) is 0 Å². The van der Waals surface area contributed by atoms with Crippen LogP contribution >= 0.6 is 0 Å². The first-order valence-electron chi connectivity index (χ1n) is 18.8. The van der Waals surface area contributed by atoms with Crippen LogP contribution in [0.25, 0.3) is 0 Å². The average molecular weight is 653 g/mol. The third kappa shape index (κ3) is 21.2. The zero-order chi connectivity index (χ0) is 33.8. The number of hydrogen-bond donors (Lipinski definition) is 3. The van der Waals surface area contributed by atoms with Crippen molar-refractivity contribution in [2.45, 2.75) is 186 Å². The zero-order valence-electron chi connectivity index (χ0n) is 29.3. The maximum Gasteiger partial charge on any atom is 0.306 e. The van der Waals surface area contributed by atoms with Crippen LogP contribution in [0.2, 0.25) is 0 Å². The fourth-order valence-corrected chi connectivity index (χ4v) is 6.28. The molecule has 8 nitrogen and oxygen atoms in total.